The first kappa shape index (κ1) is 18.1. The lowest BCUT2D eigenvalue weighted by atomic mass is 9.91. The largest absolute Gasteiger partial charge is 0.354 e. The number of imidazole rings is 1. The Hall–Kier alpha value is -2.95. The fourth-order valence-electron chi connectivity index (χ4n) is 4.45. The van der Waals surface area contributed by atoms with Gasteiger partial charge in [-0.2, -0.15) is 0 Å². The fraction of sp³-hybridized carbons (Fsp3) is 0.333. The molecule has 0 spiro atoms. The van der Waals surface area contributed by atoms with Gasteiger partial charge in [0.15, 0.2) is 11.5 Å². The number of anilines is 1. The normalized spacial score (nSPS) is 19.6. The second kappa shape index (κ2) is 7.47. The van der Waals surface area contributed by atoms with Crippen molar-refractivity contribution in [1.29, 1.82) is 0 Å². The molecule has 1 unspecified atom stereocenters. The van der Waals surface area contributed by atoms with Crippen LogP contribution in [0, 0.1) is 5.82 Å². The van der Waals surface area contributed by atoms with Crippen LogP contribution >= 0.6 is 0 Å². The molecule has 3 aromatic rings. The topological polar surface area (TPSA) is 33.4 Å². The summed E-state index contributed by atoms with van der Waals surface area (Å²) in [6, 6.07) is 6.92. The summed E-state index contributed by atoms with van der Waals surface area (Å²) < 4.78 is 16.9. The highest BCUT2D eigenvalue weighted by Crippen LogP contribution is 2.37. The number of fused-ring (bicyclic) bond motifs is 1. The van der Waals surface area contributed by atoms with Crippen molar-refractivity contribution in [3.05, 3.63) is 72.0 Å². The summed E-state index contributed by atoms with van der Waals surface area (Å²) in [6.45, 7) is 4.10. The molecule has 4 nitrogen and oxygen atoms in total. The quantitative estimate of drug-likeness (QED) is 0.593. The van der Waals surface area contributed by atoms with Crippen LogP contribution in [-0.4, -0.2) is 27.5 Å². The van der Waals surface area contributed by atoms with E-state index in [-0.39, 0.29) is 11.7 Å². The van der Waals surface area contributed by atoms with Crippen molar-refractivity contribution in [2.75, 3.05) is 18.0 Å². The standard InChI is InChI=1S/C24H25FN4/c1-17-9-11-18(12-10-17)22-21(19-7-3-4-8-20(19)25)27-24-23(26-13-16-29(22)24)28-14-5-2-6-15-28/h3-4,7-11,13,16,18H,2,5-6,12,14-15H2,1H3. The summed E-state index contributed by atoms with van der Waals surface area (Å²) in [5.74, 6) is 0.818. The smallest absolute Gasteiger partial charge is 0.181 e. The minimum Gasteiger partial charge on any atom is -0.354 e. The summed E-state index contributed by atoms with van der Waals surface area (Å²) in [5.41, 5.74) is 4.39. The average molecular weight is 388 g/mol. The molecule has 1 atom stereocenters. The number of aromatic nitrogens is 3. The molecule has 2 aliphatic rings. The molecule has 1 fully saturated rings. The van der Waals surface area contributed by atoms with E-state index in [1.807, 2.05) is 24.5 Å². The zero-order valence-electron chi connectivity index (χ0n) is 16.7. The Morgan fingerprint density at radius 1 is 1.10 bits per heavy atom. The Morgan fingerprint density at radius 3 is 2.69 bits per heavy atom. The van der Waals surface area contributed by atoms with Gasteiger partial charge in [-0.3, -0.25) is 4.40 Å². The number of hydrogen-bond donors (Lipinski definition) is 0. The van der Waals surface area contributed by atoms with Gasteiger partial charge < -0.3 is 4.90 Å². The third-order valence-electron chi connectivity index (χ3n) is 5.98. The Kier molecular flexibility index (Phi) is 4.66. The van der Waals surface area contributed by atoms with Crippen LogP contribution in [0.1, 0.15) is 44.2 Å². The van der Waals surface area contributed by atoms with E-state index in [2.05, 4.69) is 39.4 Å². The van der Waals surface area contributed by atoms with Crippen molar-refractivity contribution < 1.29 is 4.39 Å². The highest BCUT2D eigenvalue weighted by Gasteiger charge is 2.26. The van der Waals surface area contributed by atoms with Gasteiger partial charge >= 0.3 is 0 Å². The zero-order valence-corrected chi connectivity index (χ0v) is 16.7. The minimum absolute atomic E-state index is 0.153. The van der Waals surface area contributed by atoms with Gasteiger partial charge in [-0.25, -0.2) is 14.4 Å². The van der Waals surface area contributed by atoms with E-state index in [9.17, 15) is 4.39 Å². The molecular weight excluding hydrogens is 363 g/mol. The molecule has 3 heterocycles. The minimum atomic E-state index is -0.240. The number of benzene rings is 1. The van der Waals surface area contributed by atoms with Crippen LogP contribution in [0.5, 0.6) is 0 Å². The van der Waals surface area contributed by atoms with Crippen LogP contribution in [0.15, 0.2) is 60.5 Å². The van der Waals surface area contributed by atoms with Gasteiger partial charge in [0, 0.05) is 37.0 Å². The lowest BCUT2D eigenvalue weighted by Crippen LogP contribution is -2.30. The highest BCUT2D eigenvalue weighted by molar-refractivity contribution is 5.74. The van der Waals surface area contributed by atoms with E-state index < -0.39 is 0 Å². The van der Waals surface area contributed by atoms with Gasteiger partial charge in [0.2, 0.25) is 0 Å². The van der Waals surface area contributed by atoms with Gasteiger partial charge in [-0.15, -0.1) is 0 Å². The second-order valence-electron chi connectivity index (χ2n) is 7.97. The molecule has 1 aliphatic carbocycles. The maximum atomic E-state index is 14.8. The molecule has 0 radical (unpaired) electrons. The third-order valence-corrected chi connectivity index (χ3v) is 5.98. The number of piperidine rings is 1. The number of nitrogens with zero attached hydrogens (tertiary/aromatic N) is 4. The molecular formula is C24H25FN4. The SMILES string of the molecule is CC1=CCC(c2c(-c3ccccc3F)nc3c(N4CCCCC4)nccn23)C=C1. The van der Waals surface area contributed by atoms with Gasteiger partial charge in [-0.1, -0.05) is 35.9 Å². The molecule has 1 aromatic carbocycles. The van der Waals surface area contributed by atoms with E-state index in [1.165, 1.54) is 30.9 Å². The van der Waals surface area contributed by atoms with Gasteiger partial charge in [0.05, 0.1) is 11.4 Å². The first-order valence-corrected chi connectivity index (χ1v) is 10.4. The van der Waals surface area contributed by atoms with Crippen LogP contribution in [0.25, 0.3) is 16.9 Å². The molecule has 0 N–H and O–H groups in total. The Morgan fingerprint density at radius 2 is 1.93 bits per heavy atom. The third kappa shape index (κ3) is 3.24. The van der Waals surface area contributed by atoms with Crippen molar-refractivity contribution >= 4 is 11.5 Å². The van der Waals surface area contributed by atoms with Crippen LogP contribution in [0.3, 0.4) is 0 Å². The van der Waals surface area contributed by atoms with E-state index in [4.69, 9.17) is 4.98 Å². The Bertz CT molecular complexity index is 1110. The van der Waals surface area contributed by atoms with E-state index in [1.54, 1.807) is 6.07 Å². The summed E-state index contributed by atoms with van der Waals surface area (Å²) in [7, 11) is 0. The molecule has 29 heavy (non-hydrogen) atoms. The van der Waals surface area contributed by atoms with Crippen molar-refractivity contribution in [2.24, 2.45) is 0 Å². The molecule has 0 amide bonds. The average Bonchev–Trinajstić information content (AvgIpc) is 3.14. The molecule has 1 saturated heterocycles. The Labute approximate surface area is 170 Å². The highest BCUT2D eigenvalue weighted by atomic mass is 19.1. The molecule has 5 rings (SSSR count). The summed E-state index contributed by atoms with van der Waals surface area (Å²) in [6.07, 6.45) is 14.9. The molecule has 0 bridgehead atoms. The lowest BCUT2D eigenvalue weighted by Gasteiger charge is -2.27. The van der Waals surface area contributed by atoms with Crippen molar-refractivity contribution in [3.8, 4) is 11.3 Å². The van der Waals surface area contributed by atoms with Gasteiger partial charge in [0.1, 0.15) is 5.82 Å². The number of allylic oxidation sites excluding steroid dienone is 4. The molecule has 2 aromatic heterocycles. The fourth-order valence-corrected chi connectivity index (χ4v) is 4.45. The van der Waals surface area contributed by atoms with Crippen LogP contribution in [-0.2, 0) is 0 Å². The first-order valence-electron chi connectivity index (χ1n) is 10.4. The van der Waals surface area contributed by atoms with Crippen molar-refractivity contribution in [3.63, 3.8) is 0 Å². The number of rotatable bonds is 3. The maximum absolute atomic E-state index is 14.8. The van der Waals surface area contributed by atoms with Crippen molar-refractivity contribution in [1.82, 2.24) is 14.4 Å². The lowest BCUT2D eigenvalue weighted by molar-refractivity contribution is 0.573. The van der Waals surface area contributed by atoms with E-state index >= 15 is 0 Å². The van der Waals surface area contributed by atoms with Crippen LogP contribution in [0.2, 0.25) is 0 Å². The summed E-state index contributed by atoms with van der Waals surface area (Å²) in [5, 5.41) is 0. The summed E-state index contributed by atoms with van der Waals surface area (Å²) >= 11 is 0. The first-order chi connectivity index (χ1) is 14.2. The molecule has 1 aliphatic heterocycles. The number of hydrogen-bond acceptors (Lipinski definition) is 3. The van der Waals surface area contributed by atoms with Crippen LogP contribution in [0.4, 0.5) is 10.2 Å². The summed E-state index contributed by atoms with van der Waals surface area (Å²) in [4.78, 5) is 12.0. The maximum Gasteiger partial charge on any atom is 0.181 e. The van der Waals surface area contributed by atoms with Crippen LogP contribution < -0.4 is 4.90 Å². The van der Waals surface area contributed by atoms with E-state index in [0.717, 1.165) is 42.4 Å². The van der Waals surface area contributed by atoms with Gasteiger partial charge in [-0.05, 0) is 44.7 Å². The molecule has 5 heteroatoms. The molecule has 148 valence electrons. The predicted octanol–water partition coefficient (Wildman–Crippen LogP) is 5.52. The van der Waals surface area contributed by atoms with Gasteiger partial charge in [0.25, 0.3) is 0 Å². The monoisotopic (exact) mass is 388 g/mol. The van der Waals surface area contributed by atoms with E-state index in [0.29, 0.717) is 5.56 Å². The van der Waals surface area contributed by atoms with Crippen molar-refractivity contribution in [2.45, 2.75) is 38.5 Å². The number of halogens is 1. The second-order valence-corrected chi connectivity index (χ2v) is 7.97. The zero-order chi connectivity index (χ0) is 19.8. The predicted molar refractivity (Wildman–Crippen MR) is 115 cm³/mol. The molecule has 0 saturated carbocycles. The Balaban J connectivity index is 1.73.